The number of rotatable bonds is 3. The Bertz CT molecular complexity index is 997. The van der Waals surface area contributed by atoms with Gasteiger partial charge < -0.3 is 24.7 Å². The molecule has 5 rings (SSSR count). The summed E-state index contributed by atoms with van der Waals surface area (Å²) < 4.78 is 13.6. The molecule has 0 aromatic carbocycles. The molecule has 2 aliphatic rings. The molecule has 3 aromatic heterocycles. The lowest BCUT2D eigenvalue weighted by Crippen LogP contribution is -2.37. The highest BCUT2D eigenvalue weighted by Crippen LogP contribution is 2.33. The third-order valence-corrected chi connectivity index (χ3v) is 5.14. The number of fused-ring (bicyclic) bond motifs is 3. The highest BCUT2D eigenvalue weighted by atomic mass is 16.5. The predicted octanol–water partition coefficient (Wildman–Crippen LogP) is 1.18. The number of imidazole rings is 1. The monoisotopic (exact) mass is 382 g/mol. The molecular formula is C18H22N8O2. The zero-order chi connectivity index (χ0) is 19.1. The van der Waals surface area contributed by atoms with Crippen molar-refractivity contribution in [3.05, 3.63) is 18.2 Å². The van der Waals surface area contributed by atoms with Crippen LogP contribution in [0.25, 0.3) is 22.6 Å². The van der Waals surface area contributed by atoms with Crippen LogP contribution in [0.4, 0.5) is 11.8 Å². The molecule has 0 spiro atoms. The molecule has 146 valence electrons. The van der Waals surface area contributed by atoms with Crippen molar-refractivity contribution in [1.29, 1.82) is 0 Å². The summed E-state index contributed by atoms with van der Waals surface area (Å²) in [5, 5.41) is 0. The minimum absolute atomic E-state index is 0.0243. The van der Waals surface area contributed by atoms with Gasteiger partial charge in [-0.25, -0.2) is 24.9 Å². The maximum atomic E-state index is 5.90. The Hall–Kier alpha value is -2.85. The average Bonchev–Trinajstić information content (AvgIpc) is 3.13. The molecule has 0 amide bonds. The summed E-state index contributed by atoms with van der Waals surface area (Å²) in [5.74, 6) is 2.52. The summed E-state index contributed by atoms with van der Waals surface area (Å²) in [4.78, 5) is 25.0. The summed E-state index contributed by atoms with van der Waals surface area (Å²) in [6.07, 6.45) is 4.14. The first-order chi connectivity index (χ1) is 13.7. The predicted molar refractivity (Wildman–Crippen MR) is 103 cm³/mol. The number of nitrogens with zero attached hydrogens (tertiary/aromatic N) is 7. The summed E-state index contributed by atoms with van der Waals surface area (Å²) >= 11 is 0. The molecule has 2 N–H and O–H groups in total. The van der Waals surface area contributed by atoms with Crippen molar-refractivity contribution in [2.75, 3.05) is 43.5 Å². The van der Waals surface area contributed by atoms with Crippen LogP contribution in [0.5, 0.6) is 0 Å². The van der Waals surface area contributed by atoms with Crippen molar-refractivity contribution in [2.24, 2.45) is 0 Å². The Balaban J connectivity index is 1.72. The fourth-order valence-electron chi connectivity index (χ4n) is 3.71. The first-order valence-corrected chi connectivity index (χ1v) is 9.55. The van der Waals surface area contributed by atoms with Crippen molar-refractivity contribution < 1.29 is 9.47 Å². The van der Waals surface area contributed by atoms with Gasteiger partial charge in [0.25, 0.3) is 0 Å². The molecule has 0 bridgehead atoms. The van der Waals surface area contributed by atoms with Crippen LogP contribution in [0.1, 0.15) is 25.3 Å². The van der Waals surface area contributed by atoms with Crippen molar-refractivity contribution in [3.63, 3.8) is 0 Å². The zero-order valence-electron chi connectivity index (χ0n) is 15.7. The summed E-state index contributed by atoms with van der Waals surface area (Å²) in [6.45, 7) is 6.33. The average molecular weight is 382 g/mol. The molecule has 10 nitrogen and oxygen atoms in total. The van der Waals surface area contributed by atoms with Gasteiger partial charge in [0.05, 0.1) is 25.4 Å². The normalized spacial score (nSPS) is 19.8. The van der Waals surface area contributed by atoms with E-state index in [-0.39, 0.29) is 12.1 Å². The lowest BCUT2D eigenvalue weighted by Gasteiger charge is -2.28. The van der Waals surface area contributed by atoms with E-state index in [0.717, 1.165) is 54.4 Å². The van der Waals surface area contributed by atoms with Gasteiger partial charge >= 0.3 is 0 Å². The van der Waals surface area contributed by atoms with Gasteiger partial charge in [-0.05, 0) is 6.42 Å². The number of nitrogens with two attached hydrogens (primary N) is 1. The van der Waals surface area contributed by atoms with E-state index in [4.69, 9.17) is 30.2 Å². The minimum atomic E-state index is -0.0243. The number of ether oxygens (including phenoxy) is 2. The molecule has 1 atom stereocenters. The van der Waals surface area contributed by atoms with Crippen molar-refractivity contribution in [3.8, 4) is 11.4 Å². The van der Waals surface area contributed by atoms with Gasteiger partial charge in [0.15, 0.2) is 22.8 Å². The molecule has 1 fully saturated rings. The van der Waals surface area contributed by atoms with E-state index in [1.807, 2.05) is 0 Å². The Morgan fingerprint density at radius 2 is 1.86 bits per heavy atom. The van der Waals surface area contributed by atoms with Crippen LogP contribution >= 0.6 is 0 Å². The Morgan fingerprint density at radius 1 is 1.07 bits per heavy atom. The number of aromatic nitrogens is 6. The second kappa shape index (κ2) is 6.95. The van der Waals surface area contributed by atoms with Gasteiger partial charge in [-0.1, -0.05) is 6.92 Å². The van der Waals surface area contributed by atoms with Gasteiger partial charge in [-0.2, -0.15) is 0 Å². The molecule has 3 aromatic rings. The Kier molecular flexibility index (Phi) is 4.29. The fourth-order valence-corrected chi connectivity index (χ4v) is 3.71. The van der Waals surface area contributed by atoms with E-state index < -0.39 is 0 Å². The molecule has 0 aliphatic carbocycles. The van der Waals surface area contributed by atoms with Crippen LogP contribution < -0.4 is 10.6 Å². The highest BCUT2D eigenvalue weighted by Gasteiger charge is 2.28. The van der Waals surface area contributed by atoms with E-state index in [1.165, 1.54) is 0 Å². The maximum absolute atomic E-state index is 5.90. The molecule has 1 saturated heterocycles. The Morgan fingerprint density at radius 3 is 2.61 bits per heavy atom. The standard InChI is InChI=1S/C18H22N8O2/c1-2-12-15-22-13-16(25-3-6-27-7-4-25)23-14(11-9-20-18(19)21-10-11)24-17(13)26(15)5-8-28-12/h9-10,12H,2-8H2,1H3,(H2,19,20,21)/t12-/m1/s1. The third-order valence-electron chi connectivity index (χ3n) is 5.14. The van der Waals surface area contributed by atoms with Crippen LogP contribution in [0.15, 0.2) is 12.4 Å². The van der Waals surface area contributed by atoms with Gasteiger partial charge in [0.2, 0.25) is 5.95 Å². The second-order valence-electron chi connectivity index (χ2n) is 6.86. The largest absolute Gasteiger partial charge is 0.378 e. The van der Waals surface area contributed by atoms with Crippen molar-refractivity contribution >= 4 is 22.9 Å². The van der Waals surface area contributed by atoms with E-state index in [1.54, 1.807) is 12.4 Å². The lowest BCUT2D eigenvalue weighted by molar-refractivity contribution is 0.0158. The first-order valence-electron chi connectivity index (χ1n) is 9.55. The molecule has 10 heteroatoms. The SMILES string of the molecule is CC[C@H]1OCCn2c1nc1c(N3CCOCC3)nc(-c3cnc(N)nc3)nc12. The second-order valence-corrected chi connectivity index (χ2v) is 6.86. The third kappa shape index (κ3) is 2.85. The number of nitrogen functional groups attached to an aromatic ring is 1. The molecule has 2 aliphatic heterocycles. The summed E-state index contributed by atoms with van der Waals surface area (Å²) in [6, 6.07) is 0. The zero-order valence-corrected chi connectivity index (χ0v) is 15.7. The van der Waals surface area contributed by atoms with Gasteiger partial charge in [-0.3, -0.25) is 0 Å². The molecule has 0 radical (unpaired) electrons. The first kappa shape index (κ1) is 17.3. The molecular weight excluding hydrogens is 360 g/mol. The smallest absolute Gasteiger partial charge is 0.219 e. The quantitative estimate of drug-likeness (QED) is 0.712. The number of morpholine rings is 1. The maximum Gasteiger partial charge on any atom is 0.219 e. The number of anilines is 2. The topological polar surface area (TPSA) is 117 Å². The van der Waals surface area contributed by atoms with Crippen molar-refractivity contribution in [2.45, 2.75) is 26.0 Å². The van der Waals surface area contributed by atoms with Crippen LogP contribution in [0.3, 0.4) is 0 Å². The van der Waals surface area contributed by atoms with Crippen LogP contribution in [0.2, 0.25) is 0 Å². The summed E-state index contributed by atoms with van der Waals surface area (Å²) in [7, 11) is 0. The van der Waals surface area contributed by atoms with Crippen LogP contribution in [-0.2, 0) is 16.0 Å². The van der Waals surface area contributed by atoms with E-state index in [0.29, 0.717) is 25.6 Å². The van der Waals surface area contributed by atoms with Gasteiger partial charge in [-0.15, -0.1) is 0 Å². The molecule has 0 saturated carbocycles. The molecule has 0 unspecified atom stereocenters. The van der Waals surface area contributed by atoms with E-state index >= 15 is 0 Å². The molecule has 28 heavy (non-hydrogen) atoms. The number of hydrogen-bond donors (Lipinski definition) is 1. The lowest BCUT2D eigenvalue weighted by atomic mass is 10.2. The van der Waals surface area contributed by atoms with E-state index in [2.05, 4.69) is 26.4 Å². The summed E-state index contributed by atoms with van der Waals surface area (Å²) in [5.41, 5.74) is 7.98. The van der Waals surface area contributed by atoms with Crippen LogP contribution in [-0.4, -0.2) is 62.4 Å². The fraction of sp³-hybridized carbons (Fsp3) is 0.500. The van der Waals surface area contributed by atoms with Gasteiger partial charge in [0, 0.05) is 32.0 Å². The van der Waals surface area contributed by atoms with Gasteiger partial charge in [0.1, 0.15) is 11.9 Å². The number of hydrogen-bond acceptors (Lipinski definition) is 9. The van der Waals surface area contributed by atoms with Crippen molar-refractivity contribution in [1.82, 2.24) is 29.5 Å². The highest BCUT2D eigenvalue weighted by molar-refractivity contribution is 5.86. The van der Waals surface area contributed by atoms with Crippen LogP contribution in [0, 0.1) is 0 Å². The van der Waals surface area contributed by atoms with E-state index in [9.17, 15) is 0 Å². The minimum Gasteiger partial charge on any atom is -0.378 e. The molecule has 5 heterocycles. The Labute approximate surface area is 161 Å².